The van der Waals surface area contributed by atoms with Crippen molar-refractivity contribution in [3.63, 3.8) is 0 Å². The van der Waals surface area contributed by atoms with Crippen LogP contribution in [0.2, 0.25) is 5.15 Å². The number of rotatable bonds is 6. The topological polar surface area (TPSA) is 70.1 Å². The Bertz CT molecular complexity index is 854. The van der Waals surface area contributed by atoms with Gasteiger partial charge >= 0.3 is 0 Å². The van der Waals surface area contributed by atoms with Gasteiger partial charge in [0.05, 0.1) is 11.6 Å². The van der Waals surface area contributed by atoms with Crippen molar-refractivity contribution < 1.29 is 23.7 Å². The van der Waals surface area contributed by atoms with Gasteiger partial charge in [0.1, 0.15) is 11.8 Å². The Hall–Kier alpha value is -2.09. The molecule has 2 aliphatic heterocycles. The molecular weight excluding hydrogens is 372 g/mol. The number of hydrogen-bond donors (Lipinski definition) is 0. The summed E-state index contributed by atoms with van der Waals surface area (Å²) in [4.78, 5) is 18.7. The Morgan fingerprint density at radius 3 is 2.89 bits per heavy atom. The molecule has 0 saturated carbocycles. The maximum Gasteiger partial charge on any atom is 0.248 e. The number of amides is 1. The summed E-state index contributed by atoms with van der Waals surface area (Å²) in [6.07, 6.45) is 2.01. The highest BCUT2D eigenvalue weighted by Crippen LogP contribution is 2.36. The summed E-state index contributed by atoms with van der Waals surface area (Å²) in [7, 11) is 1.51. The minimum Gasteiger partial charge on any atom is -0.454 e. The van der Waals surface area contributed by atoms with Crippen LogP contribution in [0.5, 0.6) is 11.5 Å². The van der Waals surface area contributed by atoms with Crippen LogP contribution < -0.4 is 9.47 Å². The van der Waals surface area contributed by atoms with Gasteiger partial charge in [0.25, 0.3) is 0 Å². The molecule has 2 aliphatic rings. The molecule has 0 bridgehead atoms. The number of hydrogen-bond acceptors (Lipinski definition) is 6. The van der Waals surface area contributed by atoms with Gasteiger partial charge in [-0.25, -0.2) is 4.98 Å². The first-order valence-corrected chi connectivity index (χ1v) is 9.29. The minimum atomic E-state index is -0.102. The van der Waals surface area contributed by atoms with Crippen LogP contribution in [-0.4, -0.2) is 55.6 Å². The van der Waals surface area contributed by atoms with E-state index in [2.05, 4.69) is 4.98 Å². The second-order valence-electron chi connectivity index (χ2n) is 6.68. The summed E-state index contributed by atoms with van der Waals surface area (Å²) >= 11 is 6.41. The van der Waals surface area contributed by atoms with E-state index in [9.17, 15) is 4.79 Å². The molecule has 8 heteroatoms. The van der Waals surface area contributed by atoms with Gasteiger partial charge in [0.15, 0.2) is 11.5 Å². The molecule has 0 spiro atoms. The minimum absolute atomic E-state index is 0.0179. The summed E-state index contributed by atoms with van der Waals surface area (Å²) < 4.78 is 21.5. The van der Waals surface area contributed by atoms with Crippen LogP contribution >= 0.6 is 11.6 Å². The molecule has 0 N–H and O–H groups in total. The predicted molar refractivity (Wildman–Crippen MR) is 99.1 cm³/mol. The summed E-state index contributed by atoms with van der Waals surface area (Å²) in [6, 6.07) is 5.63. The van der Waals surface area contributed by atoms with Crippen LogP contribution in [0, 0.1) is 0 Å². The van der Waals surface area contributed by atoms with Crippen LogP contribution in [0.25, 0.3) is 10.9 Å². The lowest BCUT2D eigenvalue weighted by Crippen LogP contribution is -2.39. The fourth-order valence-electron chi connectivity index (χ4n) is 3.40. The van der Waals surface area contributed by atoms with Crippen molar-refractivity contribution in [2.45, 2.75) is 25.5 Å². The average Bonchev–Trinajstić information content (AvgIpc) is 3.31. The molecule has 0 radical (unpaired) electrons. The first kappa shape index (κ1) is 18.3. The van der Waals surface area contributed by atoms with Gasteiger partial charge in [0.2, 0.25) is 12.7 Å². The molecular formula is C19H21ClN2O5. The van der Waals surface area contributed by atoms with E-state index < -0.39 is 0 Å². The van der Waals surface area contributed by atoms with E-state index in [0.29, 0.717) is 29.7 Å². The number of methoxy groups -OCH3 is 1. The predicted octanol–water partition coefficient (Wildman–Crippen LogP) is 2.77. The molecule has 1 saturated heterocycles. The van der Waals surface area contributed by atoms with Crippen LogP contribution in [-0.2, 0) is 20.8 Å². The number of benzene rings is 1. The van der Waals surface area contributed by atoms with Crippen molar-refractivity contribution in [1.82, 2.24) is 9.88 Å². The Morgan fingerprint density at radius 1 is 1.33 bits per heavy atom. The number of carbonyl (C=O) groups excluding carboxylic acids is 1. The molecule has 27 heavy (non-hydrogen) atoms. The van der Waals surface area contributed by atoms with E-state index in [1.807, 2.05) is 18.2 Å². The van der Waals surface area contributed by atoms with Crippen molar-refractivity contribution in [3.8, 4) is 11.5 Å². The molecule has 1 fully saturated rings. The Balaban J connectivity index is 1.61. The molecule has 7 nitrogen and oxygen atoms in total. The maximum atomic E-state index is 12.5. The van der Waals surface area contributed by atoms with Crippen molar-refractivity contribution in [2.75, 3.05) is 33.7 Å². The summed E-state index contributed by atoms with van der Waals surface area (Å²) in [5.41, 5.74) is 1.49. The highest BCUT2D eigenvalue weighted by molar-refractivity contribution is 6.30. The van der Waals surface area contributed by atoms with E-state index in [0.717, 1.165) is 35.9 Å². The molecule has 1 unspecified atom stereocenters. The van der Waals surface area contributed by atoms with Crippen molar-refractivity contribution in [1.29, 1.82) is 0 Å². The Kier molecular flexibility index (Phi) is 5.33. The normalized spacial score (nSPS) is 18.2. The lowest BCUT2D eigenvalue weighted by Gasteiger charge is -2.25. The molecule has 0 aliphatic carbocycles. The largest absolute Gasteiger partial charge is 0.454 e. The van der Waals surface area contributed by atoms with Crippen molar-refractivity contribution >= 4 is 28.4 Å². The quantitative estimate of drug-likeness (QED) is 0.704. The Morgan fingerprint density at radius 2 is 2.15 bits per heavy atom. The molecule has 1 atom stereocenters. The second-order valence-corrected chi connectivity index (χ2v) is 7.04. The monoisotopic (exact) mass is 392 g/mol. The highest BCUT2D eigenvalue weighted by Gasteiger charge is 2.24. The van der Waals surface area contributed by atoms with Gasteiger partial charge in [-0.15, -0.1) is 0 Å². The number of halogens is 1. The average molecular weight is 393 g/mol. The second kappa shape index (κ2) is 7.88. The SMILES string of the molecule is COCC(=O)N(Cc1cc2cc3c(cc2nc1Cl)OCO3)CC1CCCO1. The number of aromatic nitrogens is 1. The van der Waals surface area contributed by atoms with Crippen LogP contribution in [0.4, 0.5) is 0 Å². The molecule has 1 amide bonds. The third kappa shape index (κ3) is 3.95. The van der Waals surface area contributed by atoms with E-state index in [4.69, 9.17) is 30.5 Å². The number of pyridine rings is 1. The highest BCUT2D eigenvalue weighted by atomic mass is 35.5. The van der Waals surface area contributed by atoms with Crippen molar-refractivity contribution in [2.24, 2.45) is 0 Å². The third-order valence-corrected chi connectivity index (χ3v) is 5.09. The van der Waals surface area contributed by atoms with Gasteiger partial charge in [-0.1, -0.05) is 11.6 Å². The number of fused-ring (bicyclic) bond motifs is 2. The zero-order valence-electron chi connectivity index (χ0n) is 15.1. The van der Waals surface area contributed by atoms with E-state index in [-0.39, 0.29) is 25.4 Å². The van der Waals surface area contributed by atoms with Gasteiger partial charge in [-0.3, -0.25) is 4.79 Å². The summed E-state index contributed by atoms with van der Waals surface area (Å²) in [5.74, 6) is 1.24. The van der Waals surface area contributed by atoms with Gasteiger partial charge < -0.3 is 23.8 Å². The van der Waals surface area contributed by atoms with Gasteiger partial charge in [0, 0.05) is 43.8 Å². The number of nitrogens with zero attached hydrogens (tertiary/aromatic N) is 2. The molecule has 1 aromatic heterocycles. The third-order valence-electron chi connectivity index (χ3n) is 4.76. The lowest BCUT2D eigenvalue weighted by molar-refractivity contribution is -0.137. The molecule has 144 valence electrons. The molecule has 4 rings (SSSR count). The maximum absolute atomic E-state index is 12.5. The van der Waals surface area contributed by atoms with Crippen LogP contribution in [0.3, 0.4) is 0 Å². The first-order chi connectivity index (χ1) is 13.1. The van der Waals surface area contributed by atoms with E-state index in [1.54, 1.807) is 4.90 Å². The van der Waals surface area contributed by atoms with Crippen LogP contribution in [0.1, 0.15) is 18.4 Å². The van der Waals surface area contributed by atoms with E-state index >= 15 is 0 Å². The van der Waals surface area contributed by atoms with Gasteiger partial charge in [-0.2, -0.15) is 0 Å². The molecule has 1 aromatic carbocycles. The molecule has 3 heterocycles. The molecule has 2 aromatic rings. The zero-order valence-corrected chi connectivity index (χ0v) is 15.8. The van der Waals surface area contributed by atoms with Gasteiger partial charge in [-0.05, 0) is 25.0 Å². The fourth-order valence-corrected chi connectivity index (χ4v) is 3.61. The van der Waals surface area contributed by atoms with Crippen molar-refractivity contribution in [3.05, 3.63) is 28.9 Å². The Labute approximate surface area is 162 Å². The summed E-state index contributed by atoms with van der Waals surface area (Å²) in [5, 5.41) is 1.25. The fraction of sp³-hybridized carbons (Fsp3) is 0.474. The smallest absolute Gasteiger partial charge is 0.248 e. The lowest BCUT2D eigenvalue weighted by atomic mass is 10.1. The number of carbonyl (C=O) groups is 1. The van der Waals surface area contributed by atoms with Crippen LogP contribution in [0.15, 0.2) is 18.2 Å². The standard InChI is InChI=1S/C19H21ClN2O5/c1-24-10-18(23)22(9-14-3-2-4-25-14)8-13-5-12-6-16-17(27-11-26-16)7-15(12)21-19(13)20/h5-7,14H,2-4,8-11H2,1H3. The first-order valence-electron chi connectivity index (χ1n) is 8.91. The zero-order chi connectivity index (χ0) is 18.8. The van der Waals surface area contributed by atoms with E-state index in [1.165, 1.54) is 7.11 Å². The summed E-state index contributed by atoms with van der Waals surface area (Å²) in [6.45, 7) is 1.81. The number of ether oxygens (including phenoxy) is 4.